The SMILES string of the molecule is CC(C)(CNC(=O)[C@H]1OCC(=O)N[C@@H]1c1ccccc1)N1CCOCC1. The van der Waals surface area contributed by atoms with E-state index in [4.69, 9.17) is 9.47 Å². The maximum Gasteiger partial charge on any atom is 0.251 e. The highest BCUT2D eigenvalue weighted by Gasteiger charge is 2.37. The Balaban J connectivity index is 1.64. The van der Waals surface area contributed by atoms with E-state index in [2.05, 4.69) is 29.4 Å². The average Bonchev–Trinajstić information content (AvgIpc) is 2.67. The maximum absolute atomic E-state index is 12.8. The molecule has 0 bridgehead atoms. The van der Waals surface area contributed by atoms with Gasteiger partial charge in [-0.1, -0.05) is 30.3 Å². The topological polar surface area (TPSA) is 79.9 Å². The highest BCUT2D eigenvalue weighted by Crippen LogP contribution is 2.23. The Hall–Kier alpha value is -1.96. The fourth-order valence-corrected chi connectivity index (χ4v) is 3.38. The normalized spacial score (nSPS) is 24.8. The van der Waals surface area contributed by atoms with Crippen LogP contribution in [-0.2, 0) is 19.1 Å². The molecule has 2 amide bonds. The number of benzene rings is 1. The fourth-order valence-electron chi connectivity index (χ4n) is 3.38. The van der Waals surface area contributed by atoms with E-state index in [9.17, 15) is 9.59 Å². The van der Waals surface area contributed by atoms with Crippen molar-refractivity contribution in [3.8, 4) is 0 Å². The summed E-state index contributed by atoms with van der Waals surface area (Å²) >= 11 is 0. The van der Waals surface area contributed by atoms with Crippen molar-refractivity contribution in [1.29, 1.82) is 0 Å². The van der Waals surface area contributed by atoms with E-state index in [1.807, 2.05) is 30.3 Å². The molecule has 142 valence electrons. The summed E-state index contributed by atoms with van der Waals surface area (Å²) in [6.07, 6.45) is -0.740. The predicted molar refractivity (Wildman–Crippen MR) is 96.5 cm³/mol. The second kappa shape index (κ2) is 8.16. The van der Waals surface area contributed by atoms with Crippen LogP contribution in [0.25, 0.3) is 0 Å². The van der Waals surface area contributed by atoms with Crippen molar-refractivity contribution in [3.63, 3.8) is 0 Å². The number of nitrogens with one attached hydrogen (secondary N) is 2. The molecule has 2 saturated heterocycles. The first-order valence-corrected chi connectivity index (χ1v) is 9.04. The first-order valence-electron chi connectivity index (χ1n) is 9.04. The molecule has 2 heterocycles. The third-order valence-corrected chi connectivity index (χ3v) is 4.99. The molecule has 0 saturated carbocycles. The minimum atomic E-state index is -0.740. The maximum atomic E-state index is 12.8. The van der Waals surface area contributed by atoms with Gasteiger partial charge in [-0.2, -0.15) is 0 Å². The summed E-state index contributed by atoms with van der Waals surface area (Å²) in [5.74, 6) is -0.420. The van der Waals surface area contributed by atoms with Crippen molar-refractivity contribution in [1.82, 2.24) is 15.5 Å². The first kappa shape index (κ1) is 18.8. The molecule has 26 heavy (non-hydrogen) atoms. The Labute approximate surface area is 154 Å². The number of morpholine rings is 2. The molecule has 0 spiro atoms. The van der Waals surface area contributed by atoms with Crippen LogP contribution >= 0.6 is 0 Å². The molecule has 7 nitrogen and oxygen atoms in total. The van der Waals surface area contributed by atoms with Gasteiger partial charge in [0.1, 0.15) is 6.61 Å². The second-order valence-electron chi connectivity index (χ2n) is 7.32. The zero-order valence-corrected chi connectivity index (χ0v) is 15.4. The number of rotatable bonds is 5. The van der Waals surface area contributed by atoms with Gasteiger partial charge in [0.2, 0.25) is 5.91 Å². The van der Waals surface area contributed by atoms with E-state index in [0.717, 1.165) is 18.7 Å². The van der Waals surface area contributed by atoms with Crippen LogP contribution in [0.3, 0.4) is 0 Å². The Bertz CT molecular complexity index is 629. The summed E-state index contributed by atoms with van der Waals surface area (Å²) in [7, 11) is 0. The lowest BCUT2D eigenvalue weighted by Crippen LogP contribution is -2.58. The Morgan fingerprint density at radius 2 is 1.96 bits per heavy atom. The van der Waals surface area contributed by atoms with E-state index >= 15 is 0 Å². The zero-order valence-electron chi connectivity index (χ0n) is 15.4. The summed E-state index contributed by atoms with van der Waals surface area (Å²) in [5.41, 5.74) is 0.674. The Morgan fingerprint density at radius 1 is 1.27 bits per heavy atom. The third kappa shape index (κ3) is 4.41. The van der Waals surface area contributed by atoms with Gasteiger partial charge in [0.15, 0.2) is 6.10 Å². The van der Waals surface area contributed by atoms with Gasteiger partial charge in [-0.15, -0.1) is 0 Å². The van der Waals surface area contributed by atoms with Gasteiger partial charge in [-0.3, -0.25) is 14.5 Å². The third-order valence-electron chi connectivity index (χ3n) is 4.99. The Kier molecular flexibility index (Phi) is 5.90. The van der Waals surface area contributed by atoms with Crippen LogP contribution in [0.1, 0.15) is 25.5 Å². The quantitative estimate of drug-likeness (QED) is 0.797. The van der Waals surface area contributed by atoms with Gasteiger partial charge in [0.05, 0.1) is 19.3 Å². The van der Waals surface area contributed by atoms with Crippen LogP contribution in [0.4, 0.5) is 0 Å². The standard InChI is InChI=1S/C19H27N3O4/c1-19(2,22-8-10-25-11-9-22)13-20-18(24)17-16(21-15(23)12-26-17)14-6-4-3-5-7-14/h3-7,16-17H,8-13H2,1-2H3,(H,20,24)(H,21,23)/t16-,17+/m1/s1. The number of amides is 2. The Morgan fingerprint density at radius 3 is 2.65 bits per heavy atom. The number of ether oxygens (including phenoxy) is 2. The molecule has 0 aromatic heterocycles. The fraction of sp³-hybridized carbons (Fsp3) is 0.579. The lowest BCUT2D eigenvalue weighted by molar-refractivity contribution is -0.148. The van der Waals surface area contributed by atoms with Crippen molar-refractivity contribution < 1.29 is 19.1 Å². The smallest absolute Gasteiger partial charge is 0.251 e. The van der Waals surface area contributed by atoms with E-state index in [1.54, 1.807) is 0 Å². The van der Waals surface area contributed by atoms with Gasteiger partial charge in [-0.05, 0) is 19.4 Å². The van der Waals surface area contributed by atoms with Gasteiger partial charge in [0, 0.05) is 25.2 Å². The molecule has 2 fully saturated rings. The molecule has 1 aromatic rings. The molecular formula is C19H27N3O4. The van der Waals surface area contributed by atoms with Gasteiger partial charge in [0.25, 0.3) is 5.91 Å². The van der Waals surface area contributed by atoms with Crippen LogP contribution in [0, 0.1) is 0 Å². The summed E-state index contributed by atoms with van der Waals surface area (Å²) < 4.78 is 11.0. The average molecular weight is 361 g/mol. The highest BCUT2D eigenvalue weighted by atomic mass is 16.5. The zero-order chi connectivity index (χ0) is 18.6. The summed E-state index contributed by atoms with van der Waals surface area (Å²) in [6, 6.07) is 8.95. The second-order valence-corrected chi connectivity index (χ2v) is 7.32. The van der Waals surface area contributed by atoms with E-state index in [0.29, 0.717) is 19.8 Å². The summed E-state index contributed by atoms with van der Waals surface area (Å²) in [6.45, 7) is 7.75. The van der Waals surface area contributed by atoms with Crippen LogP contribution in [-0.4, -0.2) is 67.8 Å². The van der Waals surface area contributed by atoms with Crippen molar-refractivity contribution in [2.45, 2.75) is 31.5 Å². The van der Waals surface area contributed by atoms with Gasteiger partial charge >= 0.3 is 0 Å². The number of nitrogens with zero attached hydrogens (tertiary/aromatic N) is 1. The minimum Gasteiger partial charge on any atom is -0.379 e. The number of hydrogen-bond donors (Lipinski definition) is 2. The molecule has 2 aliphatic rings. The highest BCUT2D eigenvalue weighted by molar-refractivity contribution is 5.86. The van der Waals surface area contributed by atoms with Gasteiger partial charge in [-0.25, -0.2) is 0 Å². The molecule has 0 unspecified atom stereocenters. The number of hydrogen-bond acceptors (Lipinski definition) is 5. The molecule has 3 rings (SSSR count). The lowest BCUT2D eigenvalue weighted by Gasteiger charge is -2.41. The minimum absolute atomic E-state index is 0.103. The number of carbonyl (C=O) groups excluding carboxylic acids is 2. The molecule has 2 N–H and O–H groups in total. The molecular weight excluding hydrogens is 334 g/mol. The van der Waals surface area contributed by atoms with Crippen molar-refractivity contribution in [2.75, 3.05) is 39.5 Å². The van der Waals surface area contributed by atoms with Crippen molar-refractivity contribution >= 4 is 11.8 Å². The lowest BCUT2D eigenvalue weighted by atomic mass is 9.98. The first-order chi connectivity index (χ1) is 12.5. The van der Waals surface area contributed by atoms with Gasteiger partial charge < -0.3 is 20.1 Å². The van der Waals surface area contributed by atoms with E-state index in [1.165, 1.54) is 0 Å². The van der Waals surface area contributed by atoms with E-state index in [-0.39, 0.29) is 24.0 Å². The monoisotopic (exact) mass is 361 g/mol. The predicted octanol–water partition coefficient (Wildman–Crippen LogP) is 0.470. The molecule has 0 radical (unpaired) electrons. The molecule has 1 aromatic carbocycles. The molecule has 7 heteroatoms. The number of carbonyl (C=O) groups is 2. The van der Waals surface area contributed by atoms with Crippen LogP contribution in [0.2, 0.25) is 0 Å². The van der Waals surface area contributed by atoms with E-state index < -0.39 is 12.1 Å². The largest absolute Gasteiger partial charge is 0.379 e. The van der Waals surface area contributed by atoms with Crippen molar-refractivity contribution in [3.05, 3.63) is 35.9 Å². The van der Waals surface area contributed by atoms with Crippen LogP contribution in [0.15, 0.2) is 30.3 Å². The van der Waals surface area contributed by atoms with Crippen LogP contribution < -0.4 is 10.6 Å². The molecule has 2 atom stereocenters. The summed E-state index contributed by atoms with van der Waals surface area (Å²) in [4.78, 5) is 26.9. The van der Waals surface area contributed by atoms with Crippen LogP contribution in [0.5, 0.6) is 0 Å². The molecule has 0 aliphatic carbocycles. The van der Waals surface area contributed by atoms with Crippen molar-refractivity contribution in [2.24, 2.45) is 0 Å². The summed E-state index contributed by atoms with van der Waals surface area (Å²) in [5, 5.41) is 5.88. The molecule has 2 aliphatic heterocycles.